The van der Waals surface area contributed by atoms with Crippen molar-refractivity contribution in [3.05, 3.63) is 59.2 Å². The van der Waals surface area contributed by atoms with Crippen molar-refractivity contribution in [2.75, 3.05) is 24.2 Å². The lowest BCUT2D eigenvalue weighted by Gasteiger charge is -2.29. The van der Waals surface area contributed by atoms with E-state index >= 15 is 0 Å². The third-order valence-electron chi connectivity index (χ3n) is 4.57. The normalized spacial score (nSPS) is 16.2. The first-order valence-electron chi connectivity index (χ1n) is 7.93. The zero-order valence-corrected chi connectivity index (χ0v) is 16.4. The minimum Gasteiger partial charge on any atom is -0.399 e. The molecule has 25 heavy (non-hydrogen) atoms. The van der Waals surface area contributed by atoms with E-state index in [4.69, 9.17) is 5.73 Å². The van der Waals surface area contributed by atoms with Crippen LogP contribution in [-0.4, -0.2) is 30.4 Å². The van der Waals surface area contributed by atoms with E-state index in [2.05, 4.69) is 31.0 Å². The Balaban J connectivity index is 0.00000156. The summed E-state index contributed by atoms with van der Waals surface area (Å²) >= 11 is 0. The third kappa shape index (κ3) is 4.20. The number of fused-ring (bicyclic) bond motifs is 1. The van der Waals surface area contributed by atoms with Crippen LogP contribution in [0.2, 0.25) is 0 Å². The second-order valence-corrected chi connectivity index (χ2v) is 6.37. The summed E-state index contributed by atoms with van der Waals surface area (Å²) in [6.45, 7) is 5.48. The van der Waals surface area contributed by atoms with Crippen LogP contribution in [0.5, 0.6) is 0 Å². The topological polar surface area (TPSA) is 49.6 Å². The van der Waals surface area contributed by atoms with Gasteiger partial charge in [-0.2, -0.15) is 0 Å². The van der Waals surface area contributed by atoms with Gasteiger partial charge < -0.3 is 15.5 Å². The Kier molecular flexibility index (Phi) is 7.15. The van der Waals surface area contributed by atoms with E-state index in [9.17, 15) is 4.79 Å². The molecule has 1 heterocycles. The quantitative estimate of drug-likeness (QED) is 0.761. The Morgan fingerprint density at radius 3 is 2.56 bits per heavy atom. The van der Waals surface area contributed by atoms with E-state index in [1.807, 2.05) is 36.1 Å². The molecular formula is C19H25Cl2N3O. The monoisotopic (exact) mass is 381 g/mol. The molecule has 2 aromatic rings. The molecule has 0 saturated heterocycles. The average molecular weight is 382 g/mol. The number of carbonyl (C=O) groups is 1. The van der Waals surface area contributed by atoms with E-state index < -0.39 is 0 Å². The van der Waals surface area contributed by atoms with Gasteiger partial charge in [-0.25, -0.2) is 0 Å². The standard InChI is InChI=1S/C19H23N3O.2ClH/c1-13-8-9-16(20)10-17(13)19(23)22-12-15-6-4-5-7-18(15)21(3)11-14(22)2;;/h4-10,14H,11-12,20H2,1-3H3;2*1H. The highest BCUT2D eigenvalue weighted by Gasteiger charge is 2.28. The number of aryl methyl sites for hydroxylation is 1. The van der Waals surface area contributed by atoms with E-state index in [0.29, 0.717) is 17.8 Å². The number of carbonyl (C=O) groups excluding carboxylic acids is 1. The van der Waals surface area contributed by atoms with E-state index in [1.54, 1.807) is 6.07 Å². The number of benzene rings is 2. The third-order valence-corrected chi connectivity index (χ3v) is 4.57. The maximum absolute atomic E-state index is 13.1. The fourth-order valence-electron chi connectivity index (χ4n) is 3.25. The van der Waals surface area contributed by atoms with Gasteiger partial charge in [-0.15, -0.1) is 24.8 Å². The van der Waals surface area contributed by atoms with Crippen LogP contribution in [0.15, 0.2) is 42.5 Å². The number of para-hydroxylation sites is 1. The van der Waals surface area contributed by atoms with Crippen molar-refractivity contribution in [3.63, 3.8) is 0 Å². The van der Waals surface area contributed by atoms with E-state index in [0.717, 1.165) is 12.1 Å². The summed E-state index contributed by atoms with van der Waals surface area (Å²) in [4.78, 5) is 17.3. The number of anilines is 2. The number of nitrogens with two attached hydrogens (primary N) is 1. The molecule has 1 aliphatic heterocycles. The Labute approximate surface area is 161 Å². The number of hydrogen-bond acceptors (Lipinski definition) is 3. The minimum atomic E-state index is 0. The van der Waals surface area contributed by atoms with Crippen LogP contribution in [0.4, 0.5) is 11.4 Å². The largest absolute Gasteiger partial charge is 0.399 e. The first kappa shape index (κ1) is 21.1. The van der Waals surface area contributed by atoms with Crippen molar-refractivity contribution in [3.8, 4) is 0 Å². The van der Waals surface area contributed by atoms with E-state index in [1.165, 1.54) is 11.3 Å². The molecule has 0 spiro atoms. The second-order valence-electron chi connectivity index (χ2n) is 6.37. The van der Waals surface area contributed by atoms with Gasteiger partial charge >= 0.3 is 0 Å². The lowest BCUT2D eigenvalue weighted by Crippen LogP contribution is -2.42. The number of rotatable bonds is 1. The molecule has 136 valence electrons. The van der Waals surface area contributed by atoms with Crippen LogP contribution < -0.4 is 10.6 Å². The molecule has 4 nitrogen and oxygen atoms in total. The van der Waals surface area contributed by atoms with Crippen LogP contribution in [-0.2, 0) is 6.54 Å². The molecule has 1 unspecified atom stereocenters. The van der Waals surface area contributed by atoms with Gasteiger partial charge in [0, 0.05) is 43.1 Å². The van der Waals surface area contributed by atoms with Gasteiger partial charge in [-0.3, -0.25) is 4.79 Å². The highest BCUT2D eigenvalue weighted by atomic mass is 35.5. The maximum Gasteiger partial charge on any atom is 0.254 e. The van der Waals surface area contributed by atoms with Gasteiger partial charge in [0.15, 0.2) is 0 Å². The zero-order valence-electron chi connectivity index (χ0n) is 14.7. The molecule has 0 fully saturated rings. The molecule has 1 aliphatic rings. The Bertz CT molecular complexity index is 751. The number of amides is 1. The minimum absolute atomic E-state index is 0. The summed E-state index contributed by atoms with van der Waals surface area (Å²) in [7, 11) is 2.08. The summed E-state index contributed by atoms with van der Waals surface area (Å²) in [5, 5.41) is 0. The number of hydrogen-bond donors (Lipinski definition) is 1. The van der Waals surface area contributed by atoms with E-state index in [-0.39, 0.29) is 36.8 Å². The molecule has 6 heteroatoms. The molecule has 0 radical (unpaired) electrons. The van der Waals surface area contributed by atoms with Crippen molar-refractivity contribution in [2.24, 2.45) is 0 Å². The Morgan fingerprint density at radius 1 is 1.16 bits per heavy atom. The molecule has 3 rings (SSSR count). The zero-order chi connectivity index (χ0) is 16.6. The van der Waals surface area contributed by atoms with Crippen LogP contribution in [0.3, 0.4) is 0 Å². The highest BCUT2D eigenvalue weighted by Crippen LogP contribution is 2.27. The van der Waals surface area contributed by atoms with Gasteiger partial charge in [-0.1, -0.05) is 24.3 Å². The first-order chi connectivity index (χ1) is 11.0. The van der Waals surface area contributed by atoms with Crippen LogP contribution in [0.25, 0.3) is 0 Å². The van der Waals surface area contributed by atoms with Crippen molar-refractivity contribution in [1.82, 2.24) is 4.90 Å². The Morgan fingerprint density at radius 2 is 1.84 bits per heavy atom. The number of halogens is 2. The molecule has 2 aromatic carbocycles. The summed E-state index contributed by atoms with van der Waals surface area (Å²) in [5.74, 6) is 0.0485. The smallest absolute Gasteiger partial charge is 0.254 e. The lowest BCUT2D eigenvalue weighted by atomic mass is 10.1. The number of nitrogens with zero attached hydrogens (tertiary/aromatic N) is 2. The second kappa shape index (κ2) is 8.45. The summed E-state index contributed by atoms with van der Waals surface area (Å²) in [6.07, 6.45) is 0. The van der Waals surface area contributed by atoms with Gasteiger partial charge in [0.05, 0.1) is 0 Å². The van der Waals surface area contributed by atoms with Crippen molar-refractivity contribution >= 4 is 42.1 Å². The van der Waals surface area contributed by atoms with Crippen LogP contribution >= 0.6 is 24.8 Å². The summed E-state index contributed by atoms with van der Waals surface area (Å²) < 4.78 is 0. The predicted molar refractivity (Wildman–Crippen MR) is 109 cm³/mol. The summed E-state index contributed by atoms with van der Waals surface area (Å²) in [5.41, 5.74) is 10.5. The molecule has 2 N–H and O–H groups in total. The fourth-order valence-corrected chi connectivity index (χ4v) is 3.25. The molecule has 0 saturated carbocycles. The fraction of sp³-hybridized carbons (Fsp3) is 0.316. The van der Waals surface area contributed by atoms with Gasteiger partial charge in [0.25, 0.3) is 5.91 Å². The molecular weight excluding hydrogens is 357 g/mol. The molecule has 0 bridgehead atoms. The molecule has 0 aliphatic carbocycles. The van der Waals surface area contributed by atoms with Crippen LogP contribution in [0, 0.1) is 6.92 Å². The lowest BCUT2D eigenvalue weighted by molar-refractivity contribution is 0.0686. The molecule has 1 amide bonds. The van der Waals surface area contributed by atoms with Crippen molar-refractivity contribution < 1.29 is 4.79 Å². The summed E-state index contributed by atoms with van der Waals surface area (Å²) in [6, 6.07) is 13.9. The Hall–Kier alpha value is -1.91. The van der Waals surface area contributed by atoms with Crippen LogP contribution in [0.1, 0.15) is 28.4 Å². The maximum atomic E-state index is 13.1. The van der Waals surface area contributed by atoms with Gasteiger partial charge in [0.2, 0.25) is 0 Å². The first-order valence-corrected chi connectivity index (χ1v) is 7.93. The molecule has 1 atom stereocenters. The highest BCUT2D eigenvalue weighted by molar-refractivity contribution is 5.97. The van der Waals surface area contributed by atoms with Crippen molar-refractivity contribution in [1.29, 1.82) is 0 Å². The van der Waals surface area contributed by atoms with Crippen molar-refractivity contribution in [2.45, 2.75) is 26.4 Å². The average Bonchev–Trinajstić information content (AvgIpc) is 2.66. The molecule has 0 aromatic heterocycles. The SMILES string of the molecule is Cc1ccc(N)cc1C(=O)N1Cc2ccccc2N(C)CC1C.Cl.Cl. The van der Waals surface area contributed by atoms with Gasteiger partial charge in [0.1, 0.15) is 0 Å². The number of likely N-dealkylation sites (N-methyl/N-ethyl adjacent to an activating group) is 1. The predicted octanol–water partition coefficient (Wildman–Crippen LogP) is 3.90. The van der Waals surface area contributed by atoms with Gasteiger partial charge in [-0.05, 0) is 43.2 Å². The number of nitrogen functional groups attached to an aromatic ring is 1.